The zero-order chi connectivity index (χ0) is 29.5. The molecule has 0 unspecified atom stereocenters. The van der Waals surface area contributed by atoms with Gasteiger partial charge in [0.15, 0.2) is 19.0 Å². The number of nitrogens with zero attached hydrogens (tertiary/aromatic N) is 6. The van der Waals surface area contributed by atoms with Gasteiger partial charge in [-0.2, -0.15) is 0 Å². The smallest absolute Gasteiger partial charge is 0.467 e. The second kappa shape index (κ2) is 11.4. The van der Waals surface area contributed by atoms with Crippen molar-refractivity contribution in [3.8, 4) is 0 Å². The zero-order valence-electron chi connectivity index (χ0n) is 26.8. The lowest BCUT2D eigenvalue weighted by Crippen LogP contribution is -2.99. The Labute approximate surface area is 242 Å². The summed E-state index contributed by atoms with van der Waals surface area (Å²) in [5, 5.41) is 0. The van der Waals surface area contributed by atoms with Gasteiger partial charge < -0.3 is 27.1 Å². The Balaban J connectivity index is 2.23. The van der Waals surface area contributed by atoms with Crippen LogP contribution in [-0.2, 0) is 0 Å². The van der Waals surface area contributed by atoms with Gasteiger partial charge in [-0.05, 0) is 76.4 Å². The van der Waals surface area contributed by atoms with Crippen molar-refractivity contribution in [1.82, 2.24) is 13.7 Å². The van der Waals surface area contributed by atoms with Gasteiger partial charge in [-0.1, -0.05) is 95.9 Å². The molecule has 0 aliphatic heterocycles. The standard InChI is InChI=1S/C33H50BN6/c1-24(2)31-18-35(21-38(31)27(7)8)34(30-16-14-13-15-17-30,36-19-32(25(3)4)39(22-36)28(9)10)37-20-33(26(5)6)40(23-37)29(11)12/h13-20,24-29H,1-12H3/q-1. The molecule has 0 fully saturated rings. The van der Waals surface area contributed by atoms with E-state index in [2.05, 4.69) is 178 Å². The van der Waals surface area contributed by atoms with Gasteiger partial charge in [0.05, 0.1) is 18.1 Å². The molecule has 3 aromatic heterocycles. The van der Waals surface area contributed by atoms with Gasteiger partial charge in [-0.3, -0.25) is 0 Å². The van der Waals surface area contributed by atoms with Crippen molar-refractivity contribution in [1.29, 1.82) is 0 Å². The van der Waals surface area contributed by atoms with Crippen molar-refractivity contribution in [3.05, 3.63) is 85.0 Å². The number of hydrogen-bond acceptors (Lipinski definition) is 0. The molecule has 0 bridgehead atoms. The van der Waals surface area contributed by atoms with E-state index in [0.29, 0.717) is 17.8 Å². The molecule has 0 saturated heterocycles. The largest absolute Gasteiger partial charge is 0.539 e. The molecule has 1 aromatic carbocycles. The molecule has 40 heavy (non-hydrogen) atoms. The van der Waals surface area contributed by atoms with Crippen LogP contribution in [0, 0.1) is 19.0 Å². The number of benzene rings is 1. The summed E-state index contributed by atoms with van der Waals surface area (Å²) in [7, 11) is 0. The summed E-state index contributed by atoms with van der Waals surface area (Å²) < 4.78 is 13.9. The van der Waals surface area contributed by atoms with Crippen LogP contribution in [0.3, 0.4) is 0 Å². The van der Waals surface area contributed by atoms with E-state index in [1.807, 2.05) is 0 Å². The fraction of sp³-hybridized carbons (Fsp3) is 0.545. The molecular weight excluding hydrogens is 491 g/mol. The summed E-state index contributed by atoms with van der Waals surface area (Å²) in [4.78, 5) is 0. The minimum Gasteiger partial charge on any atom is -0.467 e. The van der Waals surface area contributed by atoms with Crippen molar-refractivity contribution in [3.63, 3.8) is 0 Å². The summed E-state index contributed by atoms with van der Waals surface area (Å²) in [6, 6.07) is 11.7. The highest BCUT2D eigenvalue weighted by Gasteiger charge is 2.46. The van der Waals surface area contributed by atoms with Crippen LogP contribution in [-0.4, -0.2) is 20.3 Å². The summed E-state index contributed by atoms with van der Waals surface area (Å²) in [5.41, 5.74) is 4.96. The van der Waals surface area contributed by atoms with E-state index in [1.165, 1.54) is 22.5 Å². The average Bonchev–Trinajstić information content (AvgIpc) is 3.63. The third-order valence-electron chi connectivity index (χ3n) is 8.05. The Morgan fingerprint density at radius 2 is 0.800 bits per heavy atom. The molecule has 0 spiro atoms. The van der Waals surface area contributed by atoms with Crippen LogP contribution in [0.1, 0.15) is 136 Å². The molecule has 0 N–H and O–H groups in total. The first-order chi connectivity index (χ1) is 18.8. The van der Waals surface area contributed by atoms with E-state index >= 15 is 0 Å². The summed E-state index contributed by atoms with van der Waals surface area (Å²) in [5.74, 6) is 1.06. The third kappa shape index (κ3) is 5.08. The molecule has 0 atom stereocenters. The quantitative estimate of drug-likeness (QED) is 0.194. The molecule has 6 nitrogen and oxygen atoms in total. The second-order valence-corrected chi connectivity index (χ2v) is 13.2. The van der Waals surface area contributed by atoms with Crippen molar-refractivity contribution in [2.45, 2.75) is 119 Å². The molecule has 0 saturated carbocycles. The van der Waals surface area contributed by atoms with Crippen LogP contribution in [0.15, 0.2) is 48.9 Å². The maximum Gasteiger partial charge on any atom is 0.539 e. The van der Waals surface area contributed by atoms with E-state index in [4.69, 9.17) is 0 Å². The molecule has 216 valence electrons. The van der Waals surface area contributed by atoms with Crippen molar-refractivity contribution < 1.29 is 13.4 Å². The number of hydrogen-bond donors (Lipinski definition) is 0. The van der Waals surface area contributed by atoms with Crippen LogP contribution in [0.5, 0.6) is 0 Å². The van der Waals surface area contributed by atoms with Gasteiger partial charge in [0.2, 0.25) is 0 Å². The molecule has 4 aromatic rings. The molecule has 7 heteroatoms. The molecule has 0 aliphatic carbocycles. The first kappa shape index (κ1) is 29.9. The molecule has 0 radical (unpaired) electrons. The molecular formula is C33H50BN6-. The first-order valence-corrected chi connectivity index (χ1v) is 15.2. The van der Waals surface area contributed by atoms with Crippen LogP contribution in [0.2, 0.25) is 0 Å². The van der Waals surface area contributed by atoms with Gasteiger partial charge in [0.1, 0.15) is 0 Å². The highest BCUT2D eigenvalue weighted by Crippen LogP contribution is 2.21. The third-order valence-corrected chi connectivity index (χ3v) is 8.05. The molecule has 4 rings (SSSR count). The van der Waals surface area contributed by atoms with Gasteiger partial charge >= 0.3 is 6.55 Å². The number of imidazole rings is 3. The number of aromatic nitrogens is 6. The van der Waals surface area contributed by atoms with Crippen LogP contribution in [0.25, 0.3) is 0 Å². The van der Waals surface area contributed by atoms with Crippen molar-refractivity contribution in [2.24, 2.45) is 0 Å². The predicted octanol–water partition coefficient (Wildman–Crippen LogP) is 5.26. The van der Waals surface area contributed by atoms with Crippen LogP contribution in [0.4, 0.5) is 0 Å². The Morgan fingerprint density at radius 1 is 0.500 bits per heavy atom. The van der Waals surface area contributed by atoms with Gasteiger partial charge in [-0.15, -0.1) is 0 Å². The lowest BCUT2D eigenvalue weighted by molar-refractivity contribution is -0.810. The zero-order valence-corrected chi connectivity index (χ0v) is 26.8. The second-order valence-electron chi connectivity index (χ2n) is 13.2. The Morgan fingerprint density at radius 3 is 1.02 bits per heavy atom. The average molecular weight is 542 g/mol. The Bertz CT molecular complexity index is 1200. The minimum atomic E-state index is -1.86. The number of rotatable bonds is 10. The summed E-state index contributed by atoms with van der Waals surface area (Å²) in [6.45, 7) is 25.1. The topological polar surface area (TPSA) is 26.4 Å². The molecule has 0 amide bonds. The van der Waals surface area contributed by atoms with E-state index < -0.39 is 6.55 Å². The van der Waals surface area contributed by atoms with Crippen LogP contribution >= 0.6 is 0 Å². The highest BCUT2D eigenvalue weighted by atomic mass is 15.3. The van der Waals surface area contributed by atoms with Gasteiger partial charge in [0.25, 0.3) is 0 Å². The monoisotopic (exact) mass is 541 g/mol. The van der Waals surface area contributed by atoms with Crippen molar-refractivity contribution in [2.75, 3.05) is 0 Å². The highest BCUT2D eigenvalue weighted by molar-refractivity contribution is 6.69. The SMILES string of the molecule is CC(C)c1c[n+]([B-](c2ccccc2)([n+]2[c-]n(C(C)C)c(C(C)C)c2)[n+]2[c-]n(C(C)C)c(C(C)C)c2)[c-]n1C(C)C. The lowest BCUT2D eigenvalue weighted by Gasteiger charge is -2.38. The van der Waals surface area contributed by atoms with E-state index in [-0.39, 0.29) is 18.1 Å². The molecule has 0 aliphatic rings. The van der Waals surface area contributed by atoms with Gasteiger partial charge in [-0.25, -0.2) is 0 Å². The summed E-state index contributed by atoms with van der Waals surface area (Å²) >= 11 is 0. The van der Waals surface area contributed by atoms with E-state index in [9.17, 15) is 0 Å². The van der Waals surface area contributed by atoms with Gasteiger partial charge in [0, 0.05) is 0 Å². The summed E-state index contributed by atoms with van der Waals surface area (Å²) in [6.07, 6.45) is 18.4. The maximum atomic E-state index is 3.83. The Hall–Kier alpha value is -3.09. The fourth-order valence-corrected chi connectivity index (χ4v) is 5.92. The minimum absolute atomic E-state index is 0.281. The Kier molecular flexibility index (Phi) is 8.53. The lowest BCUT2D eigenvalue weighted by atomic mass is 9.51. The van der Waals surface area contributed by atoms with Crippen LogP contribution < -0.4 is 18.9 Å². The fourth-order valence-electron chi connectivity index (χ4n) is 5.92. The normalized spacial score (nSPS) is 12.8. The maximum absolute atomic E-state index is 3.83. The molecule has 3 heterocycles. The van der Waals surface area contributed by atoms with E-state index in [0.717, 1.165) is 0 Å². The first-order valence-electron chi connectivity index (χ1n) is 15.2. The van der Waals surface area contributed by atoms with Crippen molar-refractivity contribution >= 4 is 12.0 Å². The predicted molar refractivity (Wildman–Crippen MR) is 162 cm³/mol. The van der Waals surface area contributed by atoms with E-state index in [1.54, 1.807) is 0 Å².